The summed E-state index contributed by atoms with van der Waals surface area (Å²) in [6, 6.07) is 8.57. The van der Waals surface area contributed by atoms with Gasteiger partial charge in [0, 0.05) is 25.4 Å². The lowest BCUT2D eigenvalue weighted by Crippen LogP contribution is -2.40. The second kappa shape index (κ2) is 10.8. The Morgan fingerprint density at radius 1 is 1.27 bits per heavy atom. The third-order valence-corrected chi connectivity index (χ3v) is 3.62. The van der Waals surface area contributed by atoms with Crippen LogP contribution in [0.5, 0.6) is 0 Å². The van der Waals surface area contributed by atoms with E-state index in [-0.39, 0.29) is 24.0 Å². The van der Waals surface area contributed by atoms with Crippen LogP contribution in [0, 0.1) is 0 Å². The molecule has 22 heavy (non-hydrogen) atoms. The number of unbranched alkanes of at least 4 members (excludes halogenated alkanes) is 1. The monoisotopic (exact) mass is 417 g/mol. The Morgan fingerprint density at radius 3 is 2.86 bits per heavy atom. The molecule has 1 aromatic carbocycles. The molecule has 0 spiro atoms. The number of guanidine groups is 1. The van der Waals surface area contributed by atoms with Crippen LogP contribution in [0.25, 0.3) is 0 Å². The van der Waals surface area contributed by atoms with Gasteiger partial charge in [0.25, 0.3) is 0 Å². The molecule has 0 amide bonds. The predicted molar refractivity (Wildman–Crippen MR) is 105 cm³/mol. The molecule has 1 heterocycles. The molecule has 0 bridgehead atoms. The normalized spacial score (nSPS) is 13.7. The van der Waals surface area contributed by atoms with Crippen LogP contribution in [0.15, 0.2) is 29.3 Å². The molecule has 1 N–H and O–H groups in total. The first-order chi connectivity index (χ1) is 10.4. The van der Waals surface area contributed by atoms with Crippen LogP contribution in [0.3, 0.4) is 0 Å². The number of hydrogen-bond donors (Lipinski definition) is 1. The fourth-order valence-corrected chi connectivity index (χ4v) is 2.52. The first kappa shape index (κ1) is 19.2. The second-order valence-corrected chi connectivity index (χ2v) is 5.23. The molecular formula is C17H28IN3O. The Kier molecular flexibility index (Phi) is 9.47. The number of ether oxygens (including phenoxy) is 1. The van der Waals surface area contributed by atoms with Crippen molar-refractivity contribution in [2.75, 3.05) is 37.7 Å². The molecule has 0 aliphatic carbocycles. The maximum atomic E-state index is 5.58. The number of halogens is 1. The summed E-state index contributed by atoms with van der Waals surface area (Å²) >= 11 is 0. The van der Waals surface area contributed by atoms with Crippen LogP contribution in [0.1, 0.15) is 32.3 Å². The van der Waals surface area contributed by atoms with Gasteiger partial charge in [0.2, 0.25) is 0 Å². The molecule has 0 saturated heterocycles. The van der Waals surface area contributed by atoms with E-state index in [1.54, 1.807) is 0 Å². The summed E-state index contributed by atoms with van der Waals surface area (Å²) in [5, 5.41) is 3.39. The molecule has 0 saturated carbocycles. The third kappa shape index (κ3) is 5.43. The van der Waals surface area contributed by atoms with Crippen LogP contribution in [0.4, 0.5) is 5.69 Å². The number of anilines is 1. The van der Waals surface area contributed by atoms with Crippen molar-refractivity contribution < 1.29 is 4.74 Å². The molecule has 0 radical (unpaired) electrons. The molecule has 0 aromatic heterocycles. The number of fused-ring (bicyclic) bond motifs is 1. The van der Waals surface area contributed by atoms with Crippen molar-refractivity contribution in [2.24, 2.45) is 4.99 Å². The van der Waals surface area contributed by atoms with E-state index in [1.807, 2.05) is 0 Å². The highest BCUT2D eigenvalue weighted by Crippen LogP contribution is 2.27. The molecule has 0 fully saturated rings. The van der Waals surface area contributed by atoms with E-state index in [0.717, 1.165) is 38.5 Å². The van der Waals surface area contributed by atoms with Crippen LogP contribution in [0.2, 0.25) is 0 Å². The number of hydrogen-bond acceptors (Lipinski definition) is 2. The molecular weight excluding hydrogens is 389 g/mol. The minimum Gasteiger partial charge on any atom is -0.380 e. The second-order valence-electron chi connectivity index (χ2n) is 5.23. The summed E-state index contributed by atoms with van der Waals surface area (Å²) in [5.41, 5.74) is 2.69. The topological polar surface area (TPSA) is 36.9 Å². The van der Waals surface area contributed by atoms with E-state index in [2.05, 4.69) is 48.3 Å². The van der Waals surface area contributed by atoms with E-state index in [1.165, 1.54) is 17.7 Å². The number of aliphatic imine (C=N–C) groups is 1. The van der Waals surface area contributed by atoms with Crippen LogP contribution >= 0.6 is 24.0 Å². The van der Waals surface area contributed by atoms with Gasteiger partial charge in [0.1, 0.15) is 0 Å². The van der Waals surface area contributed by atoms with Gasteiger partial charge in [-0.1, -0.05) is 31.5 Å². The highest BCUT2D eigenvalue weighted by atomic mass is 127. The number of nitrogens with zero attached hydrogens (tertiary/aromatic N) is 2. The predicted octanol–water partition coefficient (Wildman–Crippen LogP) is 3.45. The van der Waals surface area contributed by atoms with Crippen LogP contribution in [-0.4, -0.2) is 38.8 Å². The number of benzene rings is 1. The molecule has 124 valence electrons. The highest BCUT2D eigenvalue weighted by Gasteiger charge is 2.22. The third-order valence-electron chi connectivity index (χ3n) is 3.62. The lowest BCUT2D eigenvalue weighted by atomic mass is 10.2. The van der Waals surface area contributed by atoms with Gasteiger partial charge in [-0.2, -0.15) is 0 Å². The Balaban J connectivity index is 0.00000242. The summed E-state index contributed by atoms with van der Waals surface area (Å²) in [6.07, 6.45) is 3.40. The van der Waals surface area contributed by atoms with Gasteiger partial charge >= 0.3 is 0 Å². The van der Waals surface area contributed by atoms with Crippen molar-refractivity contribution in [2.45, 2.75) is 33.1 Å². The molecule has 1 aliphatic heterocycles. The zero-order chi connectivity index (χ0) is 14.9. The van der Waals surface area contributed by atoms with Crippen molar-refractivity contribution in [1.82, 2.24) is 5.32 Å². The SMILES string of the molecule is CCCCOCCN=C(NCC)N1CCc2ccccc21.I. The van der Waals surface area contributed by atoms with Crippen LogP contribution in [-0.2, 0) is 11.2 Å². The van der Waals surface area contributed by atoms with Gasteiger partial charge < -0.3 is 15.0 Å². The maximum Gasteiger partial charge on any atom is 0.198 e. The van der Waals surface area contributed by atoms with E-state index in [4.69, 9.17) is 9.73 Å². The summed E-state index contributed by atoms with van der Waals surface area (Å²) < 4.78 is 5.58. The van der Waals surface area contributed by atoms with Gasteiger partial charge in [-0.15, -0.1) is 24.0 Å². The molecule has 4 nitrogen and oxygen atoms in total. The molecule has 0 unspecified atom stereocenters. The van der Waals surface area contributed by atoms with Crippen molar-refractivity contribution >= 4 is 35.6 Å². The smallest absolute Gasteiger partial charge is 0.198 e. The Bertz CT molecular complexity index is 465. The Labute approximate surface area is 151 Å². The van der Waals surface area contributed by atoms with Gasteiger partial charge in [-0.3, -0.25) is 4.99 Å². The van der Waals surface area contributed by atoms with E-state index in [9.17, 15) is 0 Å². The Morgan fingerprint density at radius 2 is 2.09 bits per heavy atom. The summed E-state index contributed by atoms with van der Waals surface area (Å²) in [4.78, 5) is 6.98. The summed E-state index contributed by atoms with van der Waals surface area (Å²) in [5.74, 6) is 0.974. The van der Waals surface area contributed by atoms with Crippen LogP contribution < -0.4 is 10.2 Å². The Hall–Kier alpha value is -0.820. The van der Waals surface area contributed by atoms with Gasteiger partial charge in [0.15, 0.2) is 5.96 Å². The molecule has 2 rings (SSSR count). The van der Waals surface area contributed by atoms with E-state index < -0.39 is 0 Å². The number of para-hydroxylation sites is 1. The summed E-state index contributed by atoms with van der Waals surface area (Å²) in [7, 11) is 0. The molecule has 0 atom stereocenters. The number of rotatable bonds is 7. The van der Waals surface area contributed by atoms with E-state index >= 15 is 0 Å². The molecule has 5 heteroatoms. The van der Waals surface area contributed by atoms with E-state index in [0.29, 0.717) is 13.2 Å². The standard InChI is InChI=1S/C17H27N3O.HI/c1-3-5-13-21-14-11-19-17(18-4-2)20-12-10-15-8-6-7-9-16(15)20;/h6-9H,3-5,10-14H2,1-2H3,(H,18,19);1H. The zero-order valence-corrected chi connectivity index (χ0v) is 16.0. The highest BCUT2D eigenvalue weighted by molar-refractivity contribution is 14.0. The average molecular weight is 417 g/mol. The first-order valence-electron chi connectivity index (χ1n) is 8.08. The lowest BCUT2D eigenvalue weighted by molar-refractivity contribution is 0.139. The fourth-order valence-electron chi connectivity index (χ4n) is 2.52. The lowest BCUT2D eigenvalue weighted by Gasteiger charge is -2.22. The zero-order valence-electron chi connectivity index (χ0n) is 13.7. The van der Waals surface area contributed by atoms with Gasteiger partial charge in [-0.05, 0) is 31.4 Å². The van der Waals surface area contributed by atoms with Crippen molar-refractivity contribution in [3.8, 4) is 0 Å². The fraction of sp³-hybridized carbons (Fsp3) is 0.588. The number of nitrogens with one attached hydrogen (secondary N) is 1. The average Bonchev–Trinajstić information content (AvgIpc) is 2.93. The largest absolute Gasteiger partial charge is 0.380 e. The molecule has 1 aromatic rings. The summed E-state index contributed by atoms with van der Waals surface area (Å²) in [6.45, 7) is 8.42. The molecule has 1 aliphatic rings. The van der Waals surface area contributed by atoms with Crippen molar-refractivity contribution in [1.29, 1.82) is 0 Å². The maximum absolute atomic E-state index is 5.58. The first-order valence-corrected chi connectivity index (χ1v) is 8.08. The van der Waals surface area contributed by atoms with Gasteiger partial charge in [-0.25, -0.2) is 0 Å². The minimum absolute atomic E-state index is 0. The van der Waals surface area contributed by atoms with Gasteiger partial charge in [0.05, 0.1) is 13.2 Å². The minimum atomic E-state index is 0. The van der Waals surface area contributed by atoms with Crippen molar-refractivity contribution in [3.63, 3.8) is 0 Å². The van der Waals surface area contributed by atoms with Crippen molar-refractivity contribution in [3.05, 3.63) is 29.8 Å². The quantitative estimate of drug-likeness (QED) is 0.320.